The molecule has 0 aliphatic rings. The number of nitrogens with zero attached hydrogens (tertiary/aromatic N) is 2. The molecule has 1 N–H and O–H groups in total. The van der Waals surface area contributed by atoms with Crippen molar-refractivity contribution in [3.05, 3.63) is 58.9 Å². The Kier molecular flexibility index (Phi) is 3.66. The fourth-order valence-electron chi connectivity index (χ4n) is 1.99. The van der Waals surface area contributed by atoms with Crippen molar-refractivity contribution in [2.75, 3.05) is 5.32 Å². The van der Waals surface area contributed by atoms with E-state index in [0.29, 0.717) is 5.56 Å². The quantitative estimate of drug-likeness (QED) is 0.761. The Balaban J connectivity index is 1.86. The fourth-order valence-corrected chi connectivity index (χ4v) is 2.70. The van der Waals surface area contributed by atoms with Crippen molar-refractivity contribution < 1.29 is 4.39 Å². The molecule has 2 heterocycles. The van der Waals surface area contributed by atoms with Crippen LogP contribution in [-0.2, 0) is 0 Å². The van der Waals surface area contributed by atoms with E-state index >= 15 is 0 Å². The minimum atomic E-state index is -0.198. The summed E-state index contributed by atoms with van der Waals surface area (Å²) in [5, 5.41) is 5.93. The summed E-state index contributed by atoms with van der Waals surface area (Å²) in [6, 6.07) is 8.91. The van der Waals surface area contributed by atoms with E-state index in [9.17, 15) is 4.39 Å². The SMILES string of the molecule is Cc1cc(-c2csc(Nc3ncccc3C)n2)ccc1F. The predicted molar refractivity (Wildman–Crippen MR) is 84.5 cm³/mol. The molecule has 0 radical (unpaired) electrons. The number of aryl methyl sites for hydroxylation is 2. The Morgan fingerprint density at radius 1 is 1.14 bits per heavy atom. The van der Waals surface area contributed by atoms with Crippen molar-refractivity contribution in [2.24, 2.45) is 0 Å². The number of rotatable bonds is 3. The molecule has 106 valence electrons. The molecule has 0 saturated heterocycles. The van der Waals surface area contributed by atoms with Crippen molar-refractivity contribution in [3.63, 3.8) is 0 Å². The van der Waals surface area contributed by atoms with Crippen molar-refractivity contribution in [2.45, 2.75) is 13.8 Å². The van der Waals surface area contributed by atoms with E-state index in [-0.39, 0.29) is 5.82 Å². The molecule has 3 nitrogen and oxygen atoms in total. The number of anilines is 2. The molecule has 0 saturated carbocycles. The lowest BCUT2D eigenvalue weighted by Crippen LogP contribution is -1.95. The molecular formula is C16H14FN3S. The third kappa shape index (κ3) is 2.92. The maximum Gasteiger partial charge on any atom is 0.188 e. The summed E-state index contributed by atoms with van der Waals surface area (Å²) < 4.78 is 13.3. The normalized spacial score (nSPS) is 10.6. The van der Waals surface area contributed by atoms with Crippen LogP contribution in [-0.4, -0.2) is 9.97 Å². The van der Waals surface area contributed by atoms with Crippen LogP contribution in [0.5, 0.6) is 0 Å². The molecule has 3 rings (SSSR count). The zero-order chi connectivity index (χ0) is 14.8. The van der Waals surface area contributed by atoms with Gasteiger partial charge in [-0.25, -0.2) is 14.4 Å². The smallest absolute Gasteiger partial charge is 0.188 e. The van der Waals surface area contributed by atoms with Gasteiger partial charge >= 0.3 is 0 Å². The van der Waals surface area contributed by atoms with E-state index in [0.717, 1.165) is 27.8 Å². The highest BCUT2D eigenvalue weighted by molar-refractivity contribution is 7.14. The summed E-state index contributed by atoms with van der Waals surface area (Å²) in [6.07, 6.45) is 1.74. The molecule has 0 aliphatic carbocycles. The van der Waals surface area contributed by atoms with Crippen LogP contribution in [0.1, 0.15) is 11.1 Å². The van der Waals surface area contributed by atoms with E-state index in [2.05, 4.69) is 15.3 Å². The van der Waals surface area contributed by atoms with E-state index in [1.807, 2.05) is 24.4 Å². The molecule has 0 bridgehead atoms. The molecule has 21 heavy (non-hydrogen) atoms. The second-order valence-corrected chi connectivity index (χ2v) is 5.65. The van der Waals surface area contributed by atoms with E-state index in [1.54, 1.807) is 25.3 Å². The van der Waals surface area contributed by atoms with Crippen LogP contribution < -0.4 is 5.32 Å². The minimum absolute atomic E-state index is 0.198. The molecule has 1 aromatic carbocycles. The maximum atomic E-state index is 13.3. The molecule has 3 aromatic rings. The minimum Gasteiger partial charge on any atom is -0.316 e. The topological polar surface area (TPSA) is 37.8 Å². The molecule has 0 spiro atoms. The fraction of sp³-hybridized carbons (Fsp3) is 0.125. The van der Waals surface area contributed by atoms with Crippen LogP contribution in [0.25, 0.3) is 11.3 Å². The molecule has 0 atom stereocenters. The van der Waals surface area contributed by atoms with Crippen LogP contribution in [0.3, 0.4) is 0 Å². The lowest BCUT2D eigenvalue weighted by molar-refractivity contribution is 0.619. The predicted octanol–water partition coefficient (Wildman–Crippen LogP) is 4.70. The monoisotopic (exact) mass is 299 g/mol. The first-order valence-electron chi connectivity index (χ1n) is 6.54. The summed E-state index contributed by atoms with van der Waals surface area (Å²) >= 11 is 1.50. The van der Waals surface area contributed by atoms with Crippen LogP contribution in [0.2, 0.25) is 0 Å². The molecule has 0 unspecified atom stereocenters. The van der Waals surface area contributed by atoms with Gasteiger partial charge in [0.25, 0.3) is 0 Å². The average molecular weight is 299 g/mol. The number of halogens is 1. The zero-order valence-electron chi connectivity index (χ0n) is 11.7. The van der Waals surface area contributed by atoms with Gasteiger partial charge in [0.1, 0.15) is 11.6 Å². The van der Waals surface area contributed by atoms with Crippen LogP contribution >= 0.6 is 11.3 Å². The number of hydrogen-bond donors (Lipinski definition) is 1. The van der Waals surface area contributed by atoms with Gasteiger partial charge in [-0.05, 0) is 49.2 Å². The standard InChI is InChI=1S/C16H14FN3S/c1-10-4-3-7-18-15(10)20-16-19-14(9-21-16)12-5-6-13(17)11(2)8-12/h3-9H,1-2H3,(H,18,19,20). The number of aromatic nitrogens is 2. The summed E-state index contributed by atoms with van der Waals surface area (Å²) in [5.74, 6) is 0.602. The van der Waals surface area contributed by atoms with Gasteiger partial charge in [-0.2, -0.15) is 0 Å². The van der Waals surface area contributed by atoms with Crippen LogP contribution in [0.4, 0.5) is 15.3 Å². The first kappa shape index (κ1) is 13.7. The van der Waals surface area contributed by atoms with E-state index < -0.39 is 0 Å². The zero-order valence-corrected chi connectivity index (χ0v) is 12.5. The Hall–Kier alpha value is -2.27. The highest BCUT2D eigenvalue weighted by Crippen LogP contribution is 2.28. The first-order valence-corrected chi connectivity index (χ1v) is 7.42. The van der Waals surface area contributed by atoms with E-state index in [1.165, 1.54) is 17.4 Å². The summed E-state index contributed by atoms with van der Waals surface area (Å²) in [6.45, 7) is 3.74. The van der Waals surface area contributed by atoms with Crippen molar-refractivity contribution in [1.29, 1.82) is 0 Å². The number of thiazole rings is 1. The Morgan fingerprint density at radius 3 is 2.76 bits per heavy atom. The van der Waals surface area contributed by atoms with Gasteiger partial charge in [-0.15, -0.1) is 11.3 Å². The van der Waals surface area contributed by atoms with Gasteiger partial charge in [-0.3, -0.25) is 0 Å². The average Bonchev–Trinajstić information content (AvgIpc) is 2.93. The third-order valence-corrected chi connectivity index (χ3v) is 3.95. The first-order chi connectivity index (χ1) is 10.1. The van der Waals surface area contributed by atoms with Crippen molar-refractivity contribution in [3.8, 4) is 11.3 Å². The molecule has 0 amide bonds. The van der Waals surface area contributed by atoms with Crippen LogP contribution in [0, 0.1) is 19.7 Å². The molecule has 0 fully saturated rings. The molecular weight excluding hydrogens is 285 g/mol. The Labute approximate surface area is 126 Å². The second kappa shape index (κ2) is 5.61. The van der Waals surface area contributed by atoms with Gasteiger partial charge in [0.05, 0.1) is 5.69 Å². The number of benzene rings is 1. The van der Waals surface area contributed by atoms with Crippen molar-refractivity contribution >= 4 is 22.3 Å². The largest absolute Gasteiger partial charge is 0.316 e. The summed E-state index contributed by atoms with van der Waals surface area (Å²) in [4.78, 5) is 8.82. The number of hydrogen-bond acceptors (Lipinski definition) is 4. The number of pyridine rings is 1. The highest BCUT2D eigenvalue weighted by atomic mass is 32.1. The lowest BCUT2D eigenvalue weighted by atomic mass is 10.1. The Bertz CT molecular complexity index is 783. The third-order valence-electron chi connectivity index (χ3n) is 3.19. The Morgan fingerprint density at radius 2 is 2.00 bits per heavy atom. The molecule has 2 aromatic heterocycles. The van der Waals surface area contributed by atoms with Gasteiger partial charge in [-0.1, -0.05) is 6.07 Å². The van der Waals surface area contributed by atoms with Crippen molar-refractivity contribution in [1.82, 2.24) is 9.97 Å². The summed E-state index contributed by atoms with van der Waals surface area (Å²) in [5.41, 5.74) is 3.43. The van der Waals surface area contributed by atoms with Gasteiger partial charge in [0.15, 0.2) is 5.13 Å². The molecule has 5 heteroatoms. The van der Waals surface area contributed by atoms with Gasteiger partial charge in [0, 0.05) is 17.1 Å². The second-order valence-electron chi connectivity index (χ2n) is 4.80. The summed E-state index contributed by atoms with van der Waals surface area (Å²) in [7, 11) is 0. The number of nitrogens with one attached hydrogen (secondary N) is 1. The van der Waals surface area contributed by atoms with Gasteiger partial charge in [0.2, 0.25) is 0 Å². The maximum absolute atomic E-state index is 13.3. The highest BCUT2D eigenvalue weighted by Gasteiger charge is 2.08. The van der Waals surface area contributed by atoms with E-state index in [4.69, 9.17) is 0 Å². The van der Waals surface area contributed by atoms with Crippen LogP contribution in [0.15, 0.2) is 41.9 Å². The van der Waals surface area contributed by atoms with Gasteiger partial charge < -0.3 is 5.32 Å². The lowest BCUT2D eigenvalue weighted by Gasteiger charge is -2.04. The molecule has 0 aliphatic heterocycles.